The van der Waals surface area contributed by atoms with Crippen molar-refractivity contribution in [2.24, 2.45) is 4.99 Å². The van der Waals surface area contributed by atoms with Gasteiger partial charge in [0.25, 0.3) is 0 Å². The van der Waals surface area contributed by atoms with Crippen LogP contribution in [-0.2, 0) is 12.8 Å². The maximum absolute atomic E-state index is 13.2. The highest BCUT2D eigenvalue weighted by molar-refractivity contribution is 5.79. The van der Waals surface area contributed by atoms with Gasteiger partial charge in [0.15, 0.2) is 5.96 Å². The van der Waals surface area contributed by atoms with Crippen LogP contribution in [0.4, 0.5) is 4.39 Å². The van der Waals surface area contributed by atoms with Gasteiger partial charge in [0.05, 0.1) is 5.69 Å². The minimum absolute atomic E-state index is 0.199. The third-order valence-electron chi connectivity index (χ3n) is 3.99. The van der Waals surface area contributed by atoms with Crippen LogP contribution in [0.5, 0.6) is 0 Å². The Hall–Kier alpha value is -2.89. The predicted octanol–water partition coefficient (Wildman–Crippen LogP) is 2.81. The number of aliphatic imine (C=N–C) groups is 1. The van der Waals surface area contributed by atoms with E-state index in [1.165, 1.54) is 6.07 Å². The molecule has 0 aliphatic heterocycles. The van der Waals surface area contributed by atoms with E-state index in [1.807, 2.05) is 48.0 Å². The topological polar surface area (TPSA) is 53.7 Å². The first-order chi connectivity index (χ1) is 12.7. The van der Waals surface area contributed by atoms with Gasteiger partial charge in [-0.1, -0.05) is 18.2 Å². The van der Waals surface area contributed by atoms with Crippen LogP contribution in [0.1, 0.15) is 18.2 Å². The Morgan fingerprint density at radius 2 is 2.08 bits per heavy atom. The number of benzene rings is 1. The van der Waals surface area contributed by atoms with Gasteiger partial charge >= 0.3 is 0 Å². The van der Waals surface area contributed by atoms with Crippen LogP contribution in [0.2, 0.25) is 0 Å². The van der Waals surface area contributed by atoms with Crippen molar-refractivity contribution in [2.75, 3.05) is 19.6 Å². The van der Waals surface area contributed by atoms with Gasteiger partial charge in [-0.3, -0.25) is 4.99 Å². The molecule has 0 bridgehead atoms. The average molecular weight is 353 g/mol. The number of imidazole rings is 1. The van der Waals surface area contributed by atoms with E-state index >= 15 is 0 Å². The van der Waals surface area contributed by atoms with Crippen molar-refractivity contribution in [3.05, 3.63) is 71.9 Å². The molecule has 26 heavy (non-hydrogen) atoms. The first-order valence-electron chi connectivity index (χ1n) is 8.94. The minimum atomic E-state index is -0.199. The molecule has 0 unspecified atom stereocenters. The fourth-order valence-electron chi connectivity index (χ4n) is 2.75. The number of fused-ring (bicyclic) bond motifs is 1. The Balaban J connectivity index is 1.51. The standard InChI is InChI=1S/C20H24FN5/c1-2-22-20(23-11-9-16-6-5-7-17(21)14-16)24-12-10-18-15-26-13-4-3-8-19(26)25-18/h3-8,13-15H,2,9-12H2,1H3,(H2,22,23,24). The molecule has 0 aliphatic carbocycles. The average Bonchev–Trinajstić information content (AvgIpc) is 3.04. The molecular weight excluding hydrogens is 329 g/mol. The third-order valence-corrected chi connectivity index (χ3v) is 3.99. The minimum Gasteiger partial charge on any atom is -0.357 e. The molecule has 3 rings (SSSR count). The van der Waals surface area contributed by atoms with Crippen LogP contribution in [0, 0.1) is 5.82 Å². The van der Waals surface area contributed by atoms with Crippen molar-refractivity contribution in [1.29, 1.82) is 0 Å². The zero-order chi connectivity index (χ0) is 18.2. The summed E-state index contributed by atoms with van der Waals surface area (Å²) in [6.07, 6.45) is 5.55. The first-order valence-corrected chi connectivity index (χ1v) is 8.94. The van der Waals surface area contributed by atoms with E-state index in [1.54, 1.807) is 12.1 Å². The molecule has 2 N–H and O–H groups in total. The van der Waals surface area contributed by atoms with Crippen molar-refractivity contribution in [1.82, 2.24) is 20.0 Å². The molecule has 0 saturated carbocycles. The quantitative estimate of drug-likeness (QED) is 0.507. The maximum atomic E-state index is 13.2. The highest BCUT2D eigenvalue weighted by Crippen LogP contribution is 2.05. The van der Waals surface area contributed by atoms with Gasteiger partial charge < -0.3 is 15.0 Å². The summed E-state index contributed by atoms with van der Waals surface area (Å²) in [5.41, 5.74) is 2.94. The van der Waals surface area contributed by atoms with Crippen molar-refractivity contribution in [3.63, 3.8) is 0 Å². The Bertz CT molecular complexity index is 838. The summed E-state index contributed by atoms with van der Waals surface area (Å²) in [5, 5.41) is 6.52. The number of hydrogen-bond donors (Lipinski definition) is 2. The van der Waals surface area contributed by atoms with E-state index in [2.05, 4.69) is 20.6 Å². The third kappa shape index (κ3) is 5.05. The number of nitrogens with one attached hydrogen (secondary N) is 2. The Morgan fingerprint density at radius 1 is 1.15 bits per heavy atom. The molecule has 0 spiro atoms. The molecule has 1 aromatic carbocycles. The second-order valence-electron chi connectivity index (χ2n) is 6.02. The number of halogens is 1. The Kier molecular flexibility index (Phi) is 6.19. The number of nitrogens with zero attached hydrogens (tertiary/aromatic N) is 3. The SMILES string of the molecule is CCNC(=NCCc1cn2ccccc2n1)NCCc1cccc(F)c1. The molecule has 6 heteroatoms. The van der Waals surface area contributed by atoms with Gasteiger partial charge in [0, 0.05) is 38.4 Å². The largest absolute Gasteiger partial charge is 0.357 e. The smallest absolute Gasteiger partial charge is 0.191 e. The molecule has 2 heterocycles. The molecule has 5 nitrogen and oxygen atoms in total. The van der Waals surface area contributed by atoms with Crippen molar-refractivity contribution < 1.29 is 4.39 Å². The number of hydrogen-bond acceptors (Lipinski definition) is 2. The predicted molar refractivity (Wildman–Crippen MR) is 103 cm³/mol. The second-order valence-corrected chi connectivity index (χ2v) is 6.02. The van der Waals surface area contributed by atoms with Crippen LogP contribution >= 0.6 is 0 Å². The zero-order valence-electron chi connectivity index (χ0n) is 15.0. The van der Waals surface area contributed by atoms with E-state index in [4.69, 9.17) is 0 Å². The number of rotatable bonds is 7. The molecule has 0 radical (unpaired) electrons. The van der Waals surface area contributed by atoms with Gasteiger partial charge in [-0.25, -0.2) is 9.37 Å². The van der Waals surface area contributed by atoms with Crippen molar-refractivity contribution in [2.45, 2.75) is 19.8 Å². The number of aromatic nitrogens is 2. The number of pyridine rings is 1. The lowest BCUT2D eigenvalue weighted by molar-refractivity contribution is 0.625. The highest BCUT2D eigenvalue weighted by atomic mass is 19.1. The van der Waals surface area contributed by atoms with Crippen LogP contribution in [0.25, 0.3) is 5.65 Å². The van der Waals surface area contributed by atoms with Crippen LogP contribution in [0.3, 0.4) is 0 Å². The normalized spacial score (nSPS) is 11.7. The zero-order valence-corrected chi connectivity index (χ0v) is 15.0. The fourth-order valence-corrected chi connectivity index (χ4v) is 2.75. The Labute approximate surface area is 153 Å². The molecule has 136 valence electrons. The van der Waals surface area contributed by atoms with Gasteiger partial charge in [-0.15, -0.1) is 0 Å². The summed E-state index contributed by atoms with van der Waals surface area (Å²) in [6, 6.07) is 12.7. The van der Waals surface area contributed by atoms with Gasteiger partial charge in [0.2, 0.25) is 0 Å². The van der Waals surface area contributed by atoms with Crippen molar-refractivity contribution in [3.8, 4) is 0 Å². The first kappa shape index (κ1) is 17.9. The van der Waals surface area contributed by atoms with Gasteiger partial charge in [-0.2, -0.15) is 0 Å². The van der Waals surface area contributed by atoms with Gasteiger partial charge in [-0.05, 0) is 43.2 Å². The van der Waals surface area contributed by atoms with Crippen molar-refractivity contribution >= 4 is 11.6 Å². The summed E-state index contributed by atoms with van der Waals surface area (Å²) in [5.74, 6) is 0.572. The summed E-state index contributed by atoms with van der Waals surface area (Å²) < 4.78 is 15.2. The summed E-state index contributed by atoms with van der Waals surface area (Å²) >= 11 is 0. The summed E-state index contributed by atoms with van der Waals surface area (Å²) in [6.45, 7) is 4.18. The van der Waals surface area contributed by atoms with E-state index < -0.39 is 0 Å². The lowest BCUT2D eigenvalue weighted by atomic mass is 10.1. The number of guanidine groups is 1. The van der Waals surface area contributed by atoms with E-state index in [-0.39, 0.29) is 5.82 Å². The molecule has 0 fully saturated rings. The van der Waals surface area contributed by atoms with Crippen LogP contribution in [-0.4, -0.2) is 35.0 Å². The van der Waals surface area contributed by atoms with Crippen LogP contribution < -0.4 is 10.6 Å². The molecular formula is C20H24FN5. The maximum Gasteiger partial charge on any atom is 0.191 e. The Morgan fingerprint density at radius 3 is 2.88 bits per heavy atom. The molecule has 2 aromatic heterocycles. The molecule has 0 atom stereocenters. The highest BCUT2D eigenvalue weighted by Gasteiger charge is 2.02. The summed E-state index contributed by atoms with van der Waals surface area (Å²) in [7, 11) is 0. The lowest BCUT2D eigenvalue weighted by Gasteiger charge is -2.11. The molecule has 3 aromatic rings. The monoisotopic (exact) mass is 353 g/mol. The molecule has 0 aliphatic rings. The van der Waals surface area contributed by atoms with E-state index in [0.29, 0.717) is 13.1 Å². The van der Waals surface area contributed by atoms with Gasteiger partial charge in [0.1, 0.15) is 11.5 Å². The van der Waals surface area contributed by atoms with E-state index in [0.717, 1.165) is 42.3 Å². The van der Waals surface area contributed by atoms with E-state index in [9.17, 15) is 4.39 Å². The summed E-state index contributed by atoms with van der Waals surface area (Å²) in [4.78, 5) is 9.18. The molecule has 0 saturated heterocycles. The van der Waals surface area contributed by atoms with Crippen LogP contribution in [0.15, 0.2) is 59.9 Å². The second kappa shape index (κ2) is 8.99. The lowest BCUT2D eigenvalue weighted by Crippen LogP contribution is -2.38. The fraction of sp³-hybridized carbons (Fsp3) is 0.300. The molecule has 0 amide bonds.